The molecule has 0 bridgehead atoms. The first-order chi connectivity index (χ1) is 11.4. The highest BCUT2D eigenvalue weighted by molar-refractivity contribution is 5.79. The number of rotatable bonds is 4. The molecule has 2 N–H and O–H groups in total. The fourth-order valence-corrected chi connectivity index (χ4v) is 3.06. The monoisotopic (exact) mass is 332 g/mol. The number of carbonyl (C=O) groups excluding carboxylic acids is 1. The second-order valence-electron chi connectivity index (χ2n) is 6.26. The molecule has 0 radical (unpaired) electrons. The van der Waals surface area contributed by atoms with Crippen LogP contribution in [0.4, 0.5) is 4.39 Å². The number of hydrogen-bond acceptors (Lipinski definition) is 4. The number of benzene rings is 1. The van der Waals surface area contributed by atoms with Crippen molar-refractivity contribution in [1.29, 1.82) is 0 Å². The highest BCUT2D eigenvalue weighted by atomic mass is 19.1. The lowest BCUT2D eigenvalue weighted by Crippen LogP contribution is -2.51. The summed E-state index contributed by atoms with van der Waals surface area (Å²) in [5, 5.41) is 0. The standard InChI is InChI=1S/C18H21FN2O3/c1-11-7-13(19)3-5-15(11)16-6-4-14(24-16)9-21-8-12(2)23-17(10-21)18(20)22/h3-7,12,17H,8-10H2,1-2H3,(H2,20,22)/t12-,17+/m1/s1. The lowest BCUT2D eigenvalue weighted by atomic mass is 10.1. The van der Waals surface area contributed by atoms with Crippen molar-refractivity contribution in [1.82, 2.24) is 4.90 Å². The molecular formula is C18H21FN2O3. The van der Waals surface area contributed by atoms with Gasteiger partial charge < -0.3 is 14.9 Å². The van der Waals surface area contributed by atoms with Crippen molar-refractivity contribution in [2.75, 3.05) is 13.1 Å². The largest absolute Gasteiger partial charge is 0.460 e. The highest BCUT2D eigenvalue weighted by Crippen LogP contribution is 2.27. The van der Waals surface area contributed by atoms with Gasteiger partial charge in [0.15, 0.2) is 0 Å². The number of amides is 1. The highest BCUT2D eigenvalue weighted by Gasteiger charge is 2.29. The number of morpholine rings is 1. The van der Waals surface area contributed by atoms with Crippen LogP contribution in [0.25, 0.3) is 11.3 Å². The lowest BCUT2D eigenvalue weighted by molar-refractivity contribution is -0.143. The Hall–Kier alpha value is -2.18. The van der Waals surface area contributed by atoms with E-state index >= 15 is 0 Å². The predicted octanol–water partition coefficient (Wildman–Crippen LogP) is 2.47. The molecule has 3 rings (SSSR count). The Morgan fingerprint density at radius 2 is 2.12 bits per heavy atom. The molecule has 128 valence electrons. The fourth-order valence-electron chi connectivity index (χ4n) is 3.06. The normalized spacial score (nSPS) is 21.8. The number of ether oxygens (including phenoxy) is 1. The summed E-state index contributed by atoms with van der Waals surface area (Å²) in [4.78, 5) is 13.5. The van der Waals surface area contributed by atoms with Gasteiger partial charge in [-0.2, -0.15) is 0 Å². The minimum atomic E-state index is -0.595. The summed E-state index contributed by atoms with van der Waals surface area (Å²) in [6.45, 7) is 5.48. The topological polar surface area (TPSA) is 68.7 Å². The van der Waals surface area contributed by atoms with Crippen molar-refractivity contribution in [3.05, 3.63) is 47.5 Å². The van der Waals surface area contributed by atoms with Gasteiger partial charge in [-0.25, -0.2) is 4.39 Å². The first kappa shape index (κ1) is 16.7. The van der Waals surface area contributed by atoms with Gasteiger partial charge in [0.2, 0.25) is 5.91 Å². The molecule has 1 aromatic heterocycles. The van der Waals surface area contributed by atoms with E-state index in [0.717, 1.165) is 16.9 Å². The molecule has 0 aliphatic carbocycles. The molecule has 1 aliphatic heterocycles. The fraction of sp³-hybridized carbons (Fsp3) is 0.389. The average Bonchev–Trinajstić information content (AvgIpc) is 2.94. The van der Waals surface area contributed by atoms with Gasteiger partial charge in [0, 0.05) is 18.7 Å². The third-order valence-corrected chi connectivity index (χ3v) is 4.15. The van der Waals surface area contributed by atoms with Crippen LogP contribution >= 0.6 is 0 Å². The maximum Gasteiger partial charge on any atom is 0.247 e. The van der Waals surface area contributed by atoms with E-state index in [1.165, 1.54) is 12.1 Å². The second-order valence-corrected chi connectivity index (χ2v) is 6.26. The predicted molar refractivity (Wildman–Crippen MR) is 87.6 cm³/mol. The van der Waals surface area contributed by atoms with Gasteiger partial charge in [-0.3, -0.25) is 9.69 Å². The molecular weight excluding hydrogens is 311 g/mol. The second kappa shape index (κ2) is 6.75. The third kappa shape index (κ3) is 3.66. The summed E-state index contributed by atoms with van der Waals surface area (Å²) >= 11 is 0. The van der Waals surface area contributed by atoms with Gasteiger partial charge >= 0.3 is 0 Å². The van der Waals surface area contributed by atoms with E-state index in [9.17, 15) is 9.18 Å². The van der Waals surface area contributed by atoms with E-state index in [1.54, 1.807) is 6.07 Å². The van der Waals surface area contributed by atoms with Gasteiger partial charge in [-0.1, -0.05) is 0 Å². The molecule has 1 amide bonds. The summed E-state index contributed by atoms with van der Waals surface area (Å²) in [5.74, 6) is 0.776. The molecule has 0 spiro atoms. The average molecular weight is 332 g/mol. The Bertz CT molecular complexity index is 744. The van der Waals surface area contributed by atoms with E-state index < -0.39 is 12.0 Å². The Kier molecular flexibility index (Phi) is 4.69. The number of furan rings is 1. The van der Waals surface area contributed by atoms with Crippen LogP contribution in [-0.2, 0) is 16.1 Å². The minimum Gasteiger partial charge on any atom is -0.460 e. The molecule has 1 aromatic carbocycles. The third-order valence-electron chi connectivity index (χ3n) is 4.15. The minimum absolute atomic E-state index is 0.0648. The zero-order chi connectivity index (χ0) is 17.3. The number of halogens is 1. The zero-order valence-electron chi connectivity index (χ0n) is 13.8. The van der Waals surface area contributed by atoms with Crippen molar-refractivity contribution in [3.63, 3.8) is 0 Å². The van der Waals surface area contributed by atoms with Crippen LogP contribution in [0.1, 0.15) is 18.2 Å². The molecule has 2 heterocycles. The van der Waals surface area contributed by atoms with Crippen LogP contribution in [0.2, 0.25) is 0 Å². The molecule has 6 heteroatoms. The van der Waals surface area contributed by atoms with Crippen molar-refractivity contribution in [3.8, 4) is 11.3 Å². The van der Waals surface area contributed by atoms with E-state index in [-0.39, 0.29) is 11.9 Å². The smallest absolute Gasteiger partial charge is 0.247 e. The molecule has 0 saturated carbocycles. The Morgan fingerprint density at radius 1 is 1.33 bits per heavy atom. The molecule has 24 heavy (non-hydrogen) atoms. The number of aryl methyl sites for hydroxylation is 1. The van der Waals surface area contributed by atoms with E-state index in [0.29, 0.717) is 25.4 Å². The van der Waals surface area contributed by atoms with Crippen molar-refractivity contribution in [2.24, 2.45) is 5.73 Å². The first-order valence-electron chi connectivity index (χ1n) is 7.94. The van der Waals surface area contributed by atoms with Gasteiger partial charge in [0.25, 0.3) is 0 Å². The van der Waals surface area contributed by atoms with Crippen LogP contribution in [0.3, 0.4) is 0 Å². The van der Waals surface area contributed by atoms with Crippen LogP contribution in [0.5, 0.6) is 0 Å². The van der Waals surface area contributed by atoms with Crippen molar-refractivity contribution >= 4 is 5.91 Å². The van der Waals surface area contributed by atoms with E-state index in [2.05, 4.69) is 4.90 Å². The Balaban J connectivity index is 1.73. The number of nitrogens with zero attached hydrogens (tertiary/aromatic N) is 1. The van der Waals surface area contributed by atoms with Crippen molar-refractivity contribution in [2.45, 2.75) is 32.6 Å². The number of hydrogen-bond donors (Lipinski definition) is 1. The van der Waals surface area contributed by atoms with Crippen molar-refractivity contribution < 1.29 is 18.3 Å². The molecule has 0 unspecified atom stereocenters. The van der Waals surface area contributed by atoms with Gasteiger partial charge in [-0.15, -0.1) is 0 Å². The number of carbonyl (C=O) groups is 1. The lowest BCUT2D eigenvalue weighted by Gasteiger charge is -2.34. The molecule has 1 fully saturated rings. The van der Waals surface area contributed by atoms with E-state index in [1.807, 2.05) is 26.0 Å². The van der Waals surface area contributed by atoms with Crippen LogP contribution in [0.15, 0.2) is 34.7 Å². The van der Waals surface area contributed by atoms with Gasteiger partial charge in [-0.05, 0) is 49.7 Å². The summed E-state index contributed by atoms with van der Waals surface area (Å²) in [7, 11) is 0. The number of primary amides is 1. The van der Waals surface area contributed by atoms with Gasteiger partial charge in [0.1, 0.15) is 23.4 Å². The number of nitrogens with two attached hydrogens (primary N) is 1. The SMILES string of the molecule is Cc1cc(F)ccc1-c1ccc(CN2C[C@@H](C)O[C@H](C(N)=O)C2)o1. The van der Waals surface area contributed by atoms with Crippen LogP contribution in [-0.4, -0.2) is 36.1 Å². The van der Waals surface area contributed by atoms with Gasteiger partial charge in [0.05, 0.1) is 12.6 Å². The first-order valence-corrected chi connectivity index (χ1v) is 7.94. The summed E-state index contributed by atoms with van der Waals surface area (Å²) in [5.41, 5.74) is 7.04. The van der Waals surface area contributed by atoms with E-state index in [4.69, 9.17) is 14.9 Å². The molecule has 5 nitrogen and oxygen atoms in total. The molecule has 2 atom stereocenters. The summed E-state index contributed by atoms with van der Waals surface area (Å²) in [6.07, 6.45) is -0.660. The van der Waals surface area contributed by atoms with Crippen LogP contribution < -0.4 is 5.73 Å². The quantitative estimate of drug-likeness (QED) is 0.934. The summed E-state index contributed by atoms with van der Waals surface area (Å²) in [6, 6.07) is 8.40. The maximum atomic E-state index is 13.2. The Morgan fingerprint density at radius 3 is 2.83 bits per heavy atom. The maximum absolute atomic E-state index is 13.2. The summed E-state index contributed by atoms with van der Waals surface area (Å²) < 4.78 is 24.7. The Labute approximate surface area is 140 Å². The molecule has 1 saturated heterocycles. The van der Waals surface area contributed by atoms with Crippen LogP contribution in [0, 0.1) is 12.7 Å². The molecule has 2 aromatic rings. The zero-order valence-corrected chi connectivity index (χ0v) is 13.8. The molecule has 1 aliphatic rings.